The smallest absolute Gasteiger partial charge is 0.118 e. The Morgan fingerprint density at radius 3 is 2.70 bits per heavy atom. The lowest BCUT2D eigenvalue weighted by atomic mass is 10.0. The molecule has 1 aliphatic heterocycles. The molecular weight excluding hydrogens is 284 g/mol. The molecule has 0 saturated carbocycles. The number of rotatable bonds is 7. The third-order valence-corrected chi connectivity index (χ3v) is 4.49. The molecule has 1 heterocycles. The van der Waals surface area contributed by atoms with Crippen LogP contribution in [0, 0.1) is 0 Å². The minimum Gasteiger partial charge on any atom is -0.497 e. The maximum absolute atomic E-state index is 5.19. The number of methoxy groups -OCH3 is 1. The van der Waals surface area contributed by atoms with Crippen LogP contribution in [0.4, 0.5) is 5.69 Å². The first-order chi connectivity index (χ1) is 11.2. The number of hydrogen-bond acceptors (Lipinski definition) is 3. The maximum Gasteiger partial charge on any atom is 0.118 e. The van der Waals surface area contributed by atoms with Crippen LogP contribution in [-0.4, -0.2) is 26.2 Å². The first-order valence-electron chi connectivity index (χ1n) is 8.46. The van der Waals surface area contributed by atoms with E-state index in [0.29, 0.717) is 6.04 Å². The van der Waals surface area contributed by atoms with E-state index in [0.717, 1.165) is 38.1 Å². The van der Waals surface area contributed by atoms with Gasteiger partial charge in [-0.25, -0.2) is 0 Å². The van der Waals surface area contributed by atoms with Gasteiger partial charge in [-0.1, -0.05) is 24.3 Å². The molecular formula is C20H26N2O. The first-order valence-corrected chi connectivity index (χ1v) is 8.46. The van der Waals surface area contributed by atoms with Crippen LogP contribution in [-0.2, 0) is 19.3 Å². The van der Waals surface area contributed by atoms with E-state index in [4.69, 9.17) is 4.74 Å². The summed E-state index contributed by atoms with van der Waals surface area (Å²) in [4.78, 5) is 0. The normalized spacial score (nSPS) is 14.2. The molecule has 0 spiro atoms. The number of anilines is 1. The molecule has 2 aromatic rings. The van der Waals surface area contributed by atoms with Crippen LogP contribution >= 0.6 is 0 Å². The molecule has 1 aliphatic rings. The molecule has 0 radical (unpaired) electrons. The van der Waals surface area contributed by atoms with E-state index in [1.54, 1.807) is 7.11 Å². The van der Waals surface area contributed by atoms with Crippen molar-refractivity contribution < 1.29 is 4.74 Å². The summed E-state index contributed by atoms with van der Waals surface area (Å²) in [6.45, 7) is 4.34. The van der Waals surface area contributed by atoms with E-state index in [2.05, 4.69) is 47.9 Å². The van der Waals surface area contributed by atoms with Gasteiger partial charge in [-0.15, -0.1) is 0 Å². The van der Waals surface area contributed by atoms with Gasteiger partial charge in [-0.3, -0.25) is 0 Å². The number of benzene rings is 2. The fourth-order valence-electron chi connectivity index (χ4n) is 3.17. The molecule has 3 rings (SSSR count). The number of fused-ring (bicyclic) bond motifs is 1. The van der Waals surface area contributed by atoms with Crippen molar-refractivity contribution in [2.75, 3.05) is 25.5 Å². The van der Waals surface area contributed by atoms with Gasteiger partial charge in [0.1, 0.15) is 5.75 Å². The van der Waals surface area contributed by atoms with Crippen LogP contribution in [0.1, 0.15) is 23.6 Å². The SMILES string of the molecule is COc1ccc(CCNC(C)Cc2ccc3c(c2)CCN3)cc1. The van der Waals surface area contributed by atoms with Crippen molar-refractivity contribution in [3.05, 3.63) is 59.2 Å². The van der Waals surface area contributed by atoms with Crippen LogP contribution in [0.25, 0.3) is 0 Å². The zero-order valence-electron chi connectivity index (χ0n) is 14.1. The highest BCUT2D eigenvalue weighted by atomic mass is 16.5. The number of nitrogens with one attached hydrogen (secondary N) is 2. The van der Waals surface area contributed by atoms with Crippen molar-refractivity contribution in [2.24, 2.45) is 0 Å². The molecule has 0 aliphatic carbocycles. The average molecular weight is 310 g/mol. The molecule has 0 amide bonds. The fraction of sp³-hybridized carbons (Fsp3) is 0.400. The number of ether oxygens (including phenoxy) is 1. The highest BCUT2D eigenvalue weighted by molar-refractivity contribution is 5.56. The standard InChI is InChI=1S/C20H26N2O/c1-15(13-17-5-8-20-18(14-17)10-12-22-20)21-11-9-16-3-6-19(23-2)7-4-16/h3-8,14-15,21-22H,9-13H2,1-2H3. The lowest BCUT2D eigenvalue weighted by Gasteiger charge is -2.15. The summed E-state index contributed by atoms with van der Waals surface area (Å²) in [7, 11) is 1.70. The first kappa shape index (κ1) is 15.9. The van der Waals surface area contributed by atoms with Crippen molar-refractivity contribution in [3.8, 4) is 5.75 Å². The van der Waals surface area contributed by atoms with Gasteiger partial charge >= 0.3 is 0 Å². The summed E-state index contributed by atoms with van der Waals surface area (Å²) in [6, 6.07) is 15.6. The minimum atomic E-state index is 0.487. The zero-order chi connectivity index (χ0) is 16.1. The van der Waals surface area contributed by atoms with E-state index in [1.807, 2.05) is 12.1 Å². The quantitative estimate of drug-likeness (QED) is 0.822. The van der Waals surface area contributed by atoms with Gasteiger partial charge in [0, 0.05) is 18.3 Å². The molecule has 2 aromatic carbocycles. The predicted octanol–water partition coefficient (Wildman–Crippen LogP) is 3.43. The molecule has 2 N–H and O–H groups in total. The van der Waals surface area contributed by atoms with Crippen LogP contribution in [0.15, 0.2) is 42.5 Å². The second kappa shape index (κ2) is 7.51. The predicted molar refractivity (Wildman–Crippen MR) is 96.5 cm³/mol. The second-order valence-electron chi connectivity index (χ2n) is 6.33. The highest BCUT2D eigenvalue weighted by Gasteiger charge is 2.11. The zero-order valence-corrected chi connectivity index (χ0v) is 14.1. The van der Waals surface area contributed by atoms with Crippen molar-refractivity contribution in [1.82, 2.24) is 5.32 Å². The Kier molecular flexibility index (Phi) is 5.19. The van der Waals surface area contributed by atoms with Gasteiger partial charge in [-0.2, -0.15) is 0 Å². The molecule has 1 atom stereocenters. The van der Waals surface area contributed by atoms with Gasteiger partial charge < -0.3 is 15.4 Å². The molecule has 0 bridgehead atoms. The van der Waals surface area contributed by atoms with Crippen molar-refractivity contribution >= 4 is 5.69 Å². The Morgan fingerprint density at radius 1 is 1.13 bits per heavy atom. The van der Waals surface area contributed by atoms with Gasteiger partial charge in [0.2, 0.25) is 0 Å². The summed E-state index contributed by atoms with van der Waals surface area (Å²) in [5.41, 5.74) is 5.55. The van der Waals surface area contributed by atoms with E-state index >= 15 is 0 Å². The van der Waals surface area contributed by atoms with Crippen LogP contribution in [0.3, 0.4) is 0 Å². The van der Waals surface area contributed by atoms with Gasteiger partial charge in [0.25, 0.3) is 0 Å². The molecule has 3 heteroatoms. The molecule has 1 unspecified atom stereocenters. The maximum atomic E-state index is 5.19. The van der Waals surface area contributed by atoms with E-state index in [-0.39, 0.29) is 0 Å². The van der Waals surface area contributed by atoms with E-state index in [9.17, 15) is 0 Å². The molecule has 0 saturated heterocycles. The van der Waals surface area contributed by atoms with Gasteiger partial charge in [-0.05, 0) is 67.6 Å². The third-order valence-electron chi connectivity index (χ3n) is 4.49. The van der Waals surface area contributed by atoms with Crippen molar-refractivity contribution in [1.29, 1.82) is 0 Å². The highest BCUT2D eigenvalue weighted by Crippen LogP contribution is 2.23. The van der Waals surface area contributed by atoms with E-state index in [1.165, 1.54) is 22.4 Å². The Balaban J connectivity index is 1.44. The Morgan fingerprint density at radius 2 is 1.91 bits per heavy atom. The summed E-state index contributed by atoms with van der Waals surface area (Å²) >= 11 is 0. The molecule has 3 nitrogen and oxygen atoms in total. The molecule has 0 fully saturated rings. The summed E-state index contributed by atoms with van der Waals surface area (Å²) < 4.78 is 5.19. The van der Waals surface area contributed by atoms with Crippen LogP contribution in [0.2, 0.25) is 0 Å². The Hall–Kier alpha value is -2.00. The topological polar surface area (TPSA) is 33.3 Å². The largest absolute Gasteiger partial charge is 0.497 e. The third kappa shape index (κ3) is 4.26. The summed E-state index contributed by atoms with van der Waals surface area (Å²) in [5.74, 6) is 0.918. The average Bonchev–Trinajstić information content (AvgIpc) is 3.03. The Bertz CT molecular complexity index is 637. The molecule has 122 valence electrons. The lowest BCUT2D eigenvalue weighted by molar-refractivity contribution is 0.414. The Labute approximate surface area is 139 Å². The number of hydrogen-bond donors (Lipinski definition) is 2. The van der Waals surface area contributed by atoms with Crippen molar-refractivity contribution in [2.45, 2.75) is 32.2 Å². The van der Waals surface area contributed by atoms with Gasteiger partial charge in [0.15, 0.2) is 0 Å². The monoisotopic (exact) mass is 310 g/mol. The minimum absolute atomic E-state index is 0.487. The molecule has 0 aromatic heterocycles. The second-order valence-corrected chi connectivity index (χ2v) is 6.33. The molecule has 23 heavy (non-hydrogen) atoms. The van der Waals surface area contributed by atoms with Gasteiger partial charge in [0.05, 0.1) is 7.11 Å². The van der Waals surface area contributed by atoms with Crippen molar-refractivity contribution in [3.63, 3.8) is 0 Å². The fourth-order valence-corrected chi connectivity index (χ4v) is 3.17. The summed E-state index contributed by atoms with van der Waals surface area (Å²) in [6.07, 6.45) is 3.28. The lowest BCUT2D eigenvalue weighted by Crippen LogP contribution is -2.30. The van der Waals surface area contributed by atoms with Crippen LogP contribution in [0.5, 0.6) is 5.75 Å². The summed E-state index contributed by atoms with van der Waals surface area (Å²) in [5, 5.41) is 7.05. The van der Waals surface area contributed by atoms with Crippen LogP contribution < -0.4 is 15.4 Å². The van der Waals surface area contributed by atoms with E-state index < -0.39 is 0 Å².